The van der Waals surface area contributed by atoms with Gasteiger partial charge in [0.2, 0.25) is 0 Å². The number of esters is 1. The van der Waals surface area contributed by atoms with Crippen molar-refractivity contribution in [3.8, 4) is 11.1 Å². The van der Waals surface area contributed by atoms with Gasteiger partial charge in [-0.1, -0.05) is 18.2 Å². The Hall–Kier alpha value is -2.14. The van der Waals surface area contributed by atoms with E-state index < -0.39 is 0 Å². The molecule has 2 aromatic rings. The van der Waals surface area contributed by atoms with Crippen LogP contribution in [0.1, 0.15) is 17.0 Å². The first-order valence-corrected chi connectivity index (χ1v) is 6.36. The Kier molecular flexibility index (Phi) is 4.20. The average Bonchev–Trinajstić information content (AvgIpc) is 2.73. The molecule has 5 nitrogen and oxygen atoms in total. The van der Waals surface area contributed by atoms with Gasteiger partial charge in [0.05, 0.1) is 25.8 Å². The molecule has 1 heterocycles. The SMILES string of the molecule is COC(=O)Cc1nn(C)c(C)c1-c1cccc(CO)c1. The van der Waals surface area contributed by atoms with Crippen LogP contribution in [-0.2, 0) is 29.6 Å². The number of aromatic nitrogens is 2. The minimum absolute atomic E-state index is 0.0144. The van der Waals surface area contributed by atoms with Crippen LogP contribution in [0.25, 0.3) is 11.1 Å². The van der Waals surface area contributed by atoms with Crippen molar-refractivity contribution in [3.63, 3.8) is 0 Å². The quantitative estimate of drug-likeness (QED) is 0.860. The van der Waals surface area contributed by atoms with Crippen LogP contribution >= 0.6 is 0 Å². The number of benzene rings is 1. The topological polar surface area (TPSA) is 64.3 Å². The lowest BCUT2D eigenvalue weighted by molar-refractivity contribution is -0.139. The van der Waals surface area contributed by atoms with E-state index in [4.69, 9.17) is 4.74 Å². The number of ether oxygens (including phenoxy) is 1. The molecule has 1 N–H and O–H groups in total. The summed E-state index contributed by atoms with van der Waals surface area (Å²) in [6.07, 6.45) is 0.136. The minimum atomic E-state index is -0.317. The molecule has 1 aromatic carbocycles. The summed E-state index contributed by atoms with van der Waals surface area (Å²) in [5, 5.41) is 13.6. The number of aryl methyl sites for hydroxylation is 1. The smallest absolute Gasteiger partial charge is 0.311 e. The molecule has 20 heavy (non-hydrogen) atoms. The molecule has 0 aliphatic heterocycles. The van der Waals surface area contributed by atoms with Crippen molar-refractivity contribution in [2.45, 2.75) is 20.0 Å². The standard InChI is InChI=1S/C15H18N2O3/c1-10-15(12-6-4-5-11(7-12)9-18)13(16-17(10)2)8-14(19)20-3/h4-7,18H,8-9H2,1-3H3. The average molecular weight is 274 g/mol. The van der Waals surface area contributed by atoms with E-state index in [9.17, 15) is 9.90 Å². The summed E-state index contributed by atoms with van der Waals surface area (Å²) in [7, 11) is 3.21. The van der Waals surface area contributed by atoms with Crippen LogP contribution in [0.3, 0.4) is 0 Å². The molecule has 0 fully saturated rings. The molecule has 1 aromatic heterocycles. The van der Waals surface area contributed by atoms with Crippen LogP contribution in [0.15, 0.2) is 24.3 Å². The van der Waals surface area contributed by atoms with Crippen LogP contribution in [0, 0.1) is 6.92 Å². The highest BCUT2D eigenvalue weighted by molar-refractivity contribution is 5.78. The van der Waals surface area contributed by atoms with Crippen LogP contribution in [0.2, 0.25) is 0 Å². The van der Waals surface area contributed by atoms with Gasteiger partial charge >= 0.3 is 5.97 Å². The number of aliphatic hydroxyl groups excluding tert-OH is 1. The Bertz CT molecular complexity index is 632. The molecule has 106 valence electrons. The summed E-state index contributed by atoms with van der Waals surface area (Å²) in [5.41, 5.74) is 4.36. The zero-order valence-electron chi connectivity index (χ0n) is 11.9. The molecule has 0 aliphatic rings. The third-order valence-electron chi connectivity index (χ3n) is 3.34. The van der Waals surface area contributed by atoms with E-state index in [-0.39, 0.29) is 19.0 Å². The fourth-order valence-corrected chi connectivity index (χ4v) is 2.21. The molecule has 0 saturated carbocycles. The van der Waals surface area contributed by atoms with E-state index in [0.717, 1.165) is 22.4 Å². The van der Waals surface area contributed by atoms with Crippen LogP contribution in [0.4, 0.5) is 0 Å². The summed E-state index contributed by atoms with van der Waals surface area (Å²) in [5.74, 6) is -0.317. The van der Waals surface area contributed by atoms with Crippen LogP contribution < -0.4 is 0 Å². The summed E-state index contributed by atoms with van der Waals surface area (Å²) in [6, 6.07) is 7.60. The molecular weight excluding hydrogens is 256 g/mol. The van der Waals surface area contributed by atoms with E-state index in [0.29, 0.717) is 5.69 Å². The molecular formula is C15H18N2O3. The largest absolute Gasteiger partial charge is 0.469 e. The number of hydrogen-bond acceptors (Lipinski definition) is 4. The van der Waals surface area contributed by atoms with Gasteiger partial charge in [0.15, 0.2) is 0 Å². The Morgan fingerprint density at radius 2 is 2.20 bits per heavy atom. The first kappa shape index (κ1) is 14.3. The fraction of sp³-hybridized carbons (Fsp3) is 0.333. The van der Waals surface area contributed by atoms with Gasteiger partial charge in [-0.3, -0.25) is 9.48 Å². The molecule has 2 rings (SSSR count). The minimum Gasteiger partial charge on any atom is -0.469 e. The van der Waals surface area contributed by atoms with Gasteiger partial charge < -0.3 is 9.84 Å². The third-order valence-corrected chi connectivity index (χ3v) is 3.34. The highest BCUT2D eigenvalue weighted by Gasteiger charge is 2.18. The molecule has 0 saturated heterocycles. The van der Waals surface area contributed by atoms with Crippen LogP contribution in [0.5, 0.6) is 0 Å². The second-order valence-corrected chi connectivity index (χ2v) is 4.64. The molecule has 0 spiro atoms. The van der Waals surface area contributed by atoms with Gasteiger partial charge in [-0.25, -0.2) is 0 Å². The number of nitrogens with zero attached hydrogens (tertiary/aromatic N) is 2. The summed E-state index contributed by atoms with van der Waals surface area (Å²) in [4.78, 5) is 11.5. The second-order valence-electron chi connectivity index (χ2n) is 4.64. The van der Waals surface area contributed by atoms with Gasteiger partial charge in [0, 0.05) is 18.3 Å². The first-order valence-electron chi connectivity index (χ1n) is 6.36. The summed E-state index contributed by atoms with van der Waals surface area (Å²) >= 11 is 0. The maximum atomic E-state index is 11.5. The third kappa shape index (κ3) is 2.72. The molecule has 5 heteroatoms. The van der Waals surface area contributed by atoms with Crippen molar-refractivity contribution in [1.82, 2.24) is 9.78 Å². The predicted molar refractivity (Wildman–Crippen MR) is 75.0 cm³/mol. The van der Waals surface area contributed by atoms with Crippen molar-refractivity contribution in [1.29, 1.82) is 0 Å². The van der Waals surface area contributed by atoms with Crippen molar-refractivity contribution < 1.29 is 14.6 Å². The molecule has 0 atom stereocenters. The lowest BCUT2D eigenvalue weighted by Gasteiger charge is -2.06. The van der Waals surface area contributed by atoms with Gasteiger partial charge in [0.1, 0.15) is 0 Å². The lowest BCUT2D eigenvalue weighted by atomic mass is 10.00. The fourth-order valence-electron chi connectivity index (χ4n) is 2.21. The molecule has 0 radical (unpaired) electrons. The van der Waals surface area contributed by atoms with E-state index in [1.807, 2.05) is 38.2 Å². The van der Waals surface area contributed by atoms with Crippen molar-refractivity contribution in [3.05, 3.63) is 41.2 Å². The number of carbonyl (C=O) groups excluding carboxylic acids is 1. The van der Waals surface area contributed by atoms with Crippen molar-refractivity contribution >= 4 is 5.97 Å². The van der Waals surface area contributed by atoms with Crippen molar-refractivity contribution in [2.75, 3.05) is 7.11 Å². The molecule has 0 bridgehead atoms. The molecule has 0 aliphatic carbocycles. The lowest BCUT2D eigenvalue weighted by Crippen LogP contribution is -2.06. The number of carbonyl (C=O) groups is 1. The van der Waals surface area contributed by atoms with E-state index in [2.05, 4.69) is 5.10 Å². The number of methoxy groups -OCH3 is 1. The Balaban J connectivity index is 2.51. The normalized spacial score (nSPS) is 10.6. The zero-order chi connectivity index (χ0) is 14.7. The predicted octanol–water partition coefficient (Wildman–Crippen LogP) is 1.60. The van der Waals surface area contributed by atoms with Gasteiger partial charge in [-0.15, -0.1) is 0 Å². The first-order chi connectivity index (χ1) is 9.56. The van der Waals surface area contributed by atoms with Gasteiger partial charge in [0.25, 0.3) is 0 Å². The number of rotatable bonds is 4. The second kappa shape index (κ2) is 5.88. The molecule has 0 amide bonds. The van der Waals surface area contributed by atoms with Crippen LogP contribution in [-0.4, -0.2) is 28.0 Å². The number of aliphatic hydroxyl groups is 1. The summed E-state index contributed by atoms with van der Waals surface area (Å²) in [6.45, 7) is 1.94. The van der Waals surface area contributed by atoms with Gasteiger partial charge in [-0.05, 0) is 24.1 Å². The zero-order valence-corrected chi connectivity index (χ0v) is 11.9. The van der Waals surface area contributed by atoms with Gasteiger partial charge in [-0.2, -0.15) is 5.10 Å². The Morgan fingerprint density at radius 3 is 2.85 bits per heavy atom. The maximum absolute atomic E-state index is 11.5. The Morgan fingerprint density at radius 1 is 1.45 bits per heavy atom. The molecule has 0 unspecified atom stereocenters. The highest BCUT2D eigenvalue weighted by atomic mass is 16.5. The van der Waals surface area contributed by atoms with E-state index in [1.54, 1.807) is 4.68 Å². The maximum Gasteiger partial charge on any atom is 0.311 e. The monoisotopic (exact) mass is 274 g/mol. The Labute approximate surface area is 117 Å². The number of hydrogen-bond donors (Lipinski definition) is 1. The highest BCUT2D eigenvalue weighted by Crippen LogP contribution is 2.28. The summed E-state index contributed by atoms with van der Waals surface area (Å²) < 4.78 is 6.46. The van der Waals surface area contributed by atoms with E-state index in [1.165, 1.54) is 7.11 Å². The van der Waals surface area contributed by atoms with Crippen molar-refractivity contribution in [2.24, 2.45) is 7.05 Å². The van der Waals surface area contributed by atoms with E-state index >= 15 is 0 Å².